The number of aliphatic hydroxyl groups is 1. The predicted molar refractivity (Wildman–Crippen MR) is 137 cm³/mol. The van der Waals surface area contributed by atoms with Crippen molar-refractivity contribution >= 4 is 16.7 Å². The number of aliphatic hydroxyl groups excluding tert-OH is 1. The van der Waals surface area contributed by atoms with E-state index in [4.69, 9.17) is 9.47 Å². The third-order valence-corrected chi connectivity index (χ3v) is 8.15. The lowest BCUT2D eigenvalue weighted by molar-refractivity contribution is -0.139. The summed E-state index contributed by atoms with van der Waals surface area (Å²) in [6.45, 7) is 4.62. The molecule has 6 rings (SSSR count). The third kappa shape index (κ3) is 4.27. The summed E-state index contributed by atoms with van der Waals surface area (Å²) in [7, 11) is 0. The SMILES string of the molecule is Cc1ccc([C@@H](C)OC[C@H](O)CNC2(Cc3ccc4ccccc4c3)CC2)c2c1O[C@H]1C(C(=O)O)[C@@H]21. The molecule has 1 heterocycles. The summed E-state index contributed by atoms with van der Waals surface area (Å²) in [6, 6.07) is 19.1. The van der Waals surface area contributed by atoms with Crippen LogP contribution >= 0.6 is 0 Å². The summed E-state index contributed by atoms with van der Waals surface area (Å²) in [6.07, 6.45) is 2.00. The normalized spacial score (nSPS) is 24.5. The molecule has 0 amide bonds. The molecule has 0 bridgehead atoms. The van der Waals surface area contributed by atoms with Crippen molar-refractivity contribution in [3.63, 3.8) is 0 Å². The van der Waals surface area contributed by atoms with Gasteiger partial charge in [-0.2, -0.15) is 0 Å². The van der Waals surface area contributed by atoms with Crippen LogP contribution in [0.1, 0.15) is 54.0 Å². The zero-order valence-electron chi connectivity index (χ0n) is 20.7. The van der Waals surface area contributed by atoms with E-state index >= 15 is 0 Å². The number of carboxylic acids is 1. The molecule has 2 fully saturated rings. The molecule has 3 aromatic carbocycles. The van der Waals surface area contributed by atoms with E-state index in [1.807, 2.05) is 26.0 Å². The Labute approximate surface area is 211 Å². The number of β-amino-alcohol motifs (C(OH)–C–C–N with tert-alkyl or cyclic N) is 1. The maximum absolute atomic E-state index is 11.5. The molecule has 1 unspecified atom stereocenters. The van der Waals surface area contributed by atoms with E-state index in [0.29, 0.717) is 6.54 Å². The smallest absolute Gasteiger partial charge is 0.311 e. The zero-order chi connectivity index (χ0) is 25.0. The fourth-order valence-corrected chi connectivity index (χ4v) is 5.83. The molecule has 0 spiro atoms. The molecule has 2 saturated carbocycles. The van der Waals surface area contributed by atoms with E-state index in [1.54, 1.807) is 0 Å². The van der Waals surface area contributed by atoms with Gasteiger partial charge in [-0.1, -0.05) is 54.6 Å². The van der Waals surface area contributed by atoms with E-state index in [9.17, 15) is 15.0 Å². The number of rotatable bonds is 10. The maximum Gasteiger partial charge on any atom is 0.311 e. The topological polar surface area (TPSA) is 88.0 Å². The summed E-state index contributed by atoms with van der Waals surface area (Å²) >= 11 is 0. The summed E-state index contributed by atoms with van der Waals surface area (Å²) in [4.78, 5) is 11.5. The first-order chi connectivity index (χ1) is 17.3. The lowest BCUT2D eigenvalue weighted by Gasteiger charge is -2.23. The molecule has 3 N–H and O–H groups in total. The highest BCUT2D eigenvalue weighted by Crippen LogP contribution is 2.61. The lowest BCUT2D eigenvalue weighted by Crippen LogP contribution is -2.40. The molecule has 188 valence electrons. The van der Waals surface area contributed by atoms with E-state index in [1.165, 1.54) is 16.3 Å². The third-order valence-electron chi connectivity index (χ3n) is 8.15. The first-order valence-corrected chi connectivity index (χ1v) is 12.9. The average Bonchev–Trinajstić information content (AvgIpc) is 3.76. The first-order valence-electron chi connectivity index (χ1n) is 12.9. The Balaban J connectivity index is 1.04. The Morgan fingerprint density at radius 2 is 1.94 bits per heavy atom. The minimum atomic E-state index is -0.809. The van der Waals surface area contributed by atoms with Gasteiger partial charge in [0.05, 0.1) is 18.8 Å². The maximum atomic E-state index is 11.5. The standard InChI is InChI=1S/C30H33NO5/c1-17-7-10-23(24-25-26(29(33)34)28(25)36-27(17)24)18(2)35-16-22(32)15-31-30(11-12-30)14-19-8-9-20-5-3-4-6-21(20)13-19/h3-10,13,18,22,25-26,28,31-32H,11-12,14-16H2,1-2H3,(H,33,34)/t18-,22-,25-,26?,28-/m1/s1. The lowest BCUT2D eigenvalue weighted by atomic mass is 9.95. The van der Waals surface area contributed by atoms with Crippen LogP contribution < -0.4 is 10.1 Å². The van der Waals surface area contributed by atoms with Gasteiger partial charge in [0.1, 0.15) is 17.8 Å². The predicted octanol–water partition coefficient (Wildman–Crippen LogP) is 4.51. The number of carbonyl (C=O) groups is 1. The van der Waals surface area contributed by atoms with Gasteiger partial charge < -0.3 is 25.0 Å². The largest absolute Gasteiger partial charge is 0.488 e. The van der Waals surface area contributed by atoms with Crippen LogP contribution in [0, 0.1) is 12.8 Å². The van der Waals surface area contributed by atoms with Gasteiger partial charge in [0, 0.05) is 23.6 Å². The van der Waals surface area contributed by atoms with Crippen LogP contribution in [-0.2, 0) is 16.0 Å². The molecule has 5 atom stereocenters. The Hall–Kier alpha value is -2.93. The summed E-state index contributed by atoms with van der Waals surface area (Å²) in [5.41, 5.74) is 4.31. The van der Waals surface area contributed by atoms with Crippen LogP contribution in [0.3, 0.4) is 0 Å². The Morgan fingerprint density at radius 3 is 2.69 bits per heavy atom. The van der Waals surface area contributed by atoms with Crippen LogP contribution in [0.4, 0.5) is 0 Å². The summed E-state index contributed by atoms with van der Waals surface area (Å²) in [5, 5.41) is 26.2. The molecule has 2 aliphatic carbocycles. The second-order valence-corrected chi connectivity index (χ2v) is 10.8. The van der Waals surface area contributed by atoms with E-state index in [-0.39, 0.29) is 30.3 Å². The molecule has 0 saturated heterocycles. The van der Waals surface area contributed by atoms with Gasteiger partial charge in [0.15, 0.2) is 0 Å². The van der Waals surface area contributed by atoms with Crippen LogP contribution in [-0.4, -0.2) is 47.1 Å². The zero-order valence-corrected chi connectivity index (χ0v) is 20.7. The number of ether oxygens (including phenoxy) is 2. The molecule has 3 aliphatic rings. The van der Waals surface area contributed by atoms with Gasteiger partial charge in [0.25, 0.3) is 0 Å². The Bertz CT molecular complexity index is 1320. The molecule has 0 aromatic heterocycles. The fourth-order valence-electron chi connectivity index (χ4n) is 5.83. The molecule has 1 aliphatic heterocycles. The van der Waals surface area contributed by atoms with Gasteiger partial charge in [-0.05, 0) is 60.6 Å². The minimum Gasteiger partial charge on any atom is -0.488 e. The summed E-state index contributed by atoms with van der Waals surface area (Å²) < 4.78 is 12.0. The van der Waals surface area contributed by atoms with Crippen LogP contribution in [0.25, 0.3) is 10.8 Å². The molecule has 0 radical (unpaired) electrons. The molecular formula is C30H33NO5. The summed E-state index contributed by atoms with van der Waals surface area (Å²) in [5.74, 6) is -0.579. The number of hydrogen-bond donors (Lipinski definition) is 3. The van der Waals surface area contributed by atoms with Gasteiger partial charge in [-0.15, -0.1) is 0 Å². The average molecular weight is 488 g/mol. The van der Waals surface area contributed by atoms with Crippen molar-refractivity contribution in [2.24, 2.45) is 5.92 Å². The number of carboxylic acid groups (broad SMARTS) is 1. The van der Waals surface area contributed by atoms with Crippen molar-refractivity contribution < 1.29 is 24.5 Å². The second-order valence-electron chi connectivity index (χ2n) is 10.8. The van der Waals surface area contributed by atoms with Gasteiger partial charge in [-0.3, -0.25) is 4.79 Å². The van der Waals surface area contributed by atoms with Crippen molar-refractivity contribution in [2.45, 2.75) is 62.9 Å². The molecule has 3 aromatic rings. The van der Waals surface area contributed by atoms with Crippen LogP contribution in [0.5, 0.6) is 5.75 Å². The second kappa shape index (κ2) is 8.87. The number of nitrogens with one attached hydrogen (secondary N) is 1. The van der Waals surface area contributed by atoms with Crippen molar-refractivity contribution in [1.29, 1.82) is 0 Å². The van der Waals surface area contributed by atoms with Gasteiger partial charge >= 0.3 is 5.97 Å². The van der Waals surface area contributed by atoms with E-state index in [2.05, 4.69) is 47.8 Å². The van der Waals surface area contributed by atoms with E-state index in [0.717, 1.165) is 41.7 Å². The highest BCUT2D eigenvalue weighted by molar-refractivity contribution is 5.83. The Kier molecular flexibility index (Phi) is 5.78. The van der Waals surface area contributed by atoms with Crippen LogP contribution in [0.2, 0.25) is 0 Å². The van der Waals surface area contributed by atoms with Gasteiger partial charge in [0.2, 0.25) is 0 Å². The molecule has 36 heavy (non-hydrogen) atoms. The fraction of sp³-hybridized carbons (Fsp3) is 0.433. The number of aliphatic carboxylic acids is 1. The van der Waals surface area contributed by atoms with Crippen molar-refractivity contribution in [1.82, 2.24) is 5.32 Å². The highest BCUT2D eigenvalue weighted by atomic mass is 16.5. The van der Waals surface area contributed by atoms with Crippen molar-refractivity contribution in [2.75, 3.05) is 13.2 Å². The van der Waals surface area contributed by atoms with Gasteiger partial charge in [-0.25, -0.2) is 0 Å². The quantitative estimate of drug-likeness (QED) is 0.390. The Morgan fingerprint density at radius 1 is 1.17 bits per heavy atom. The molecule has 6 heteroatoms. The molecular weight excluding hydrogens is 454 g/mol. The van der Waals surface area contributed by atoms with Crippen molar-refractivity contribution in [3.8, 4) is 5.75 Å². The first kappa shape index (κ1) is 23.5. The molecule has 6 nitrogen and oxygen atoms in total. The number of fused-ring (bicyclic) bond motifs is 4. The van der Waals surface area contributed by atoms with E-state index < -0.39 is 18.0 Å². The number of aryl methyl sites for hydroxylation is 1. The number of hydrogen-bond acceptors (Lipinski definition) is 5. The van der Waals surface area contributed by atoms with Crippen molar-refractivity contribution in [3.05, 3.63) is 76.9 Å². The monoisotopic (exact) mass is 487 g/mol. The van der Waals surface area contributed by atoms with Crippen LogP contribution in [0.15, 0.2) is 54.6 Å². The minimum absolute atomic E-state index is 0.0526. The number of benzene rings is 3. The highest BCUT2D eigenvalue weighted by Gasteiger charge is 2.64.